The summed E-state index contributed by atoms with van der Waals surface area (Å²) in [5.74, 6) is 0. The largest absolute Gasteiger partial charge is 0.355 e. The van der Waals surface area contributed by atoms with Gasteiger partial charge >= 0.3 is 0 Å². The Labute approximate surface area is 209 Å². The van der Waals surface area contributed by atoms with Gasteiger partial charge in [-0.25, -0.2) is 9.97 Å². The first kappa shape index (κ1) is 21.8. The Morgan fingerprint density at radius 1 is 0.600 bits per heavy atom. The number of aromatic nitrogens is 4. The number of rotatable bonds is 4. The molecule has 0 amide bonds. The molecule has 0 aromatic carbocycles. The molecular formula is C30H28N4S. The van der Waals surface area contributed by atoms with Crippen LogP contribution in [0.1, 0.15) is 60.2 Å². The molecule has 0 spiro atoms. The van der Waals surface area contributed by atoms with Gasteiger partial charge in [-0.1, -0.05) is 20.8 Å². The van der Waals surface area contributed by atoms with Gasteiger partial charge in [0.2, 0.25) is 0 Å². The fraction of sp³-hybridized carbons (Fsp3) is 0.200. The molecule has 6 rings (SSSR count). The minimum absolute atomic E-state index is 0.883. The number of H-pyrrole nitrogens is 2. The molecule has 2 N–H and O–H groups in total. The number of aromatic amines is 2. The Kier molecular flexibility index (Phi) is 5.50. The van der Waals surface area contributed by atoms with Crippen LogP contribution in [0.3, 0.4) is 0 Å². The molecule has 0 unspecified atom stereocenters. The third kappa shape index (κ3) is 3.67. The second-order valence-corrected chi connectivity index (χ2v) is 9.67. The zero-order chi connectivity index (χ0) is 23.9. The maximum Gasteiger partial charge on any atom is 0.0691 e. The van der Waals surface area contributed by atoms with E-state index in [1.54, 1.807) is 11.3 Å². The number of aryl methyl sites for hydroxylation is 2. The predicted octanol–water partition coefficient (Wildman–Crippen LogP) is 8.07. The molecule has 5 heteroatoms. The van der Waals surface area contributed by atoms with Crippen LogP contribution in [0.4, 0.5) is 0 Å². The van der Waals surface area contributed by atoms with Crippen molar-refractivity contribution >= 4 is 57.7 Å². The van der Waals surface area contributed by atoms with Gasteiger partial charge in [0.15, 0.2) is 0 Å². The minimum Gasteiger partial charge on any atom is -0.355 e. The molecule has 4 aromatic heterocycles. The first-order valence-corrected chi connectivity index (χ1v) is 13.3. The molecule has 0 atom stereocenters. The molecule has 2 aliphatic heterocycles. The zero-order valence-electron chi connectivity index (χ0n) is 20.3. The molecule has 8 bridgehead atoms. The molecule has 6 heterocycles. The highest BCUT2D eigenvalue weighted by molar-refractivity contribution is 7.08. The summed E-state index contributed by atoms with van der Waals surface area (Å²) in [6, 6.07) is 11.0. The number of thiophene rings is 1. The maximum atomic E-state index is 5.08. The average Bonchev–Trinajstić information content (AvgIpc) is 3.68. The molecule has 174 valence electrons. The minimum atomic E-state index is 0.883. The molecule has 0 saturated carbocycles. The van der Waals surface area contributed by atoms with Crippen LogP contribution in [0.2, 0.25) is 0 Å². The first-order valence-electron chi connectivity index (χ1n) is 12.4. The fourth-order valence-electron chi connectivity index (χ4n) is 5.21. The molecule has 2 aliphatic rings. The van der Waals surface area contributed by atoms with Crippen molar-refractivity contribution in [1.82, 2.24) is 19.9 Å². The van der Waals surface area contributed by atoms with Crippen LogP contribution in [0.5, 0.6) is 0 Å². The highest BCUT2D eigenvalue weighted by Gasteiger charge is 2.15. The molecule has 4 aromatic rings. The Bertz CT molecular complexity index is 1540. The number of nitrogens with one attached hydrogen (secondary N) is 2. The Balaban J connectivity index is 1.81. The van der Waals surface area contributed by atoms with Crippen LogP contribution in [-0.4, -0.2) is 19.9 Å². The summed E-state index contributed by atoms with van der Waals surface area (Å²) in [5, 5.41) is 4.34. The van der Waals surface area contributed by atoms with Crippen LogP contribution in [0.15, 0.2) is 41.1 Å². The SMILES string of the molecule is CCc1c2nc(c(CC)c3ccc([nH]3)c(-c3ccsc3)c3ccc([nH]3)c(CC)c3nc1C=C3)C=C2. The van der Waals surface area contributed by atoms with Gasteiger partial charge in [-0.3, -0.25) is 0 Å². The van der Waals surface area contributed by atoms with E-state index in [2.05, 4.69) is 96.1 Å². The third-order valence-corrected chi connectivity index (χ3v) is 7.63. The van der Waals surface area contributed by atoms with E-state index < -0.39 is 0 Å². The van der Waals surface area contributed by atoms with Crippen LogP contribution in [0.25, 0.3) is 57.5 Å². The molecule has 0 radical (unpaired) electrons. The lowest BCUT2D eigenvalue weighted by Gasteiger charge is -2.02. The molecule has 0 aliphatic carbocycles. The Morgan fingerprint density at radius 3 is 1.49 bits per heavy atom. The van der Waals surface area contributed by atoms with Crippen molar-refractivity contribution in [3.63, 3.8) is 0 Å². The number of hydrogen-bond donors (Lipinski definition) is 2. The summed E-state index contributed by atoms with van der Waals surface area (Å²) in [4.78, 5) is 17.6. The summed E-state index contributed by atoms with van der Waals surface area (Å²) in [7, 11) is 0. The summed E-state index contributed by atoms with van der Waals surface area (Å²) in [5.41, 5.74) is 14.5. The van der Waals surface area contributed by atoms with Crippen molar-refractivity contribution in [2.45, 2.75) is 40.0 Å². The highest BCUT2D eigenvalue weighted by atomic mass is 32.1. The van der Waals surface area contributed by atoms with Gasteiger partial charge in [-0.15, -0.1) is 0 Å². The molecule has 35 heavy (non-hydrogen) atoms. The van der Waals surface area contributed by atoms with Crippen LogP contribution in [0, 0.1) is 0 Å². The van der Waals surface area contributed by atoms with Gasteiger partial charge in [0.1, 0.15) is 0 Å². The molecular weight excluding hydrogens is 448 g/mol. The maximum absolute atomic E-state index is 5.08. The first-order chi connectivity index (χ1) is 17.2. The van der Waals surface area contributed by atoms with Crippen LogP contribution < -0.4 is 0 Å². The summed E-state index contributed by atoms with van der Waals surface area (Å²) < 4.78 is 0. The Hall–Kier alpha value is -3.70. The molecule has 0 fully saturated rings. The van der Waals surface area contributed by atoms with Gasteiger partial charge in [0, 0.05) is 44.3 Å². The second kappa shape index (κ2) is 8.82. The predicted molar refractivity (Wildman–Crippen MR) is 150 cm³/mol. The van der Waals surface area contributed by atoms with E-state index in [0.717, 1.165) is 64.1 Å². The smallest absolute Gasteiger partial charge is 0.0691 e. The number of nitrogens with zero attached hydrogens (tertiary/aromatic N) is 2. The van der Waals surface area contributed by atoms with Gasteiger partial charge in [-0.2, -0.15) is 11.3 Å². The van der Waals surface area contributed by atoms with Crippen molar-refractivity contribution < 1.29 is 0 Å². The van der Waals surface area contributed by atoms with E-state index in [4.69, 9.17) is 9.97 Å². The normalized spacial score (nSPS) is 12.5. The highest BCUT2D eigenvalue weighted by Crippen LogP contribution is 2.32. The zero-order valence-corrected chi connectivity index (χ0v) is 21.1. The summed E-state index contributed by atoms with van der Waals surface area (Å²) in [6.07, 6.45) is 11.3. The van der Waals surface area contributed by atoms with Crippen molar-refractivity contribution in [2.24, 2.45) is 0 Å². The van der Waals surface area contributed by atoms with Gasteiger partial charge in [-0.05, 0) is 90.2 Å². The third-order valence-electron chi connectivity index (χ3n) is 6.95. The quantitative estimate of drug-likeness (QED) is 0.270. The Morgan fingerprint density at radius 2 is 1.06 bits per heavy atom. The van der Waals surface area contributed by atoms with Gasteiger partial charge in [0.05, 0.1) is 22.8 Å². The lowest BCUT2D eigenvalue weighted by atomic mass is 10.1. The van der Waals surface area contributed by atoms with E-state index in [9.17, 15) is 0 Å². The van der Waals surface area contributed by atoms with E-state index >= 15 is 0 Å². The van der Waals surface area contributed by atoms with E-state index in [-0.39, 0.29) is 0 Å². The van der Waals surface area contributed by atoms with Crippen molar-refractivity contribution in [3.8, 4) is 11.1 Å². The fourth-order valence-corrected chi connectivity index (χ4v) is 5.85. The number of hydrogen-bond acceptors (Lipinski definition) is 3. The van der Waals surface area contributed by atoms with Crippen molar-refractivity contribution in [3.05, 3.63) is 80.6 Å². The van der Waals surface area contributed by atoms with E-state index in [0.29, 0.717) is 0 Å². The van der Waals surface area contributed by atoms with Crippen molar-refractivity contribution in [2.75, 3.05) is 0 Å². The molecule has 4 nitrogen and oxygen atoms in total. The summed E-state index contributed by atoms with van der Waals surface area (Å²) in [6.45, 7) is 6.57. The van der Waals surface area contributed by atoms with Crippen molar-refractivity contribution in [1.29, 1.82) is 0 Å². The topological polar surface area (TPSA) is 57.4 Å². The lowest BCUT2D eigenvalue weighted by Crippen LogP contribution is -1.93. The van der Waals surface area contributed by atoms with Crippen LogP contribution >= 0.6 is 11.3 Å². The van der Waals surface area contributed by atoms with E-state index in [1.807, 2.05) is 0 Å². The van der Waals surface area contributed by atoms with E-state index in [1.165, 1.54) is 27.8 Å². The lowest BCUT2D eigenvalue weighted by molar-refractivity contribution is 1.05. The van der Waals surface area contributed by atoms with Gasteiger partial charge in [0.25, 0.3) is 0 Å². The average molecular weight is 477 g/mol. The standard InChI is InChI=1S/C30H28N4S/c1-4-19-22-7-9-24(31-22)20(5-2)26-11-13-28(33-26)30(18-15-16-35-17-18)29-14-12-27(34-29)21(6-3)25-10-8-23(19)32-25/h7-17,33-34H,4-6H2,1-3H3. The van der Waals surface area contributed by atoms with Crippen LogP contribution in [-0.2, 0) is 19.3 Å². The number of fused-ring (bicyclic) bond motifs is 8. The monoisotopic (exact) mass is 476 g/mol. The second-order valence-electron chi connectivity index (χ2n) is 8.89. The van der Waals surface area contributed by atoms with Gasteiger partial charge < -0.3 is 9.97 Å². The molecule has 0 saturated heterocycles. The summed E-state index contributed by atoms with van der Waals surface area (Å²) >= 11 is 1.72.